The molecule has 1 aliphatic rings. The van der Waals surface area contributed by atoms with Gasteiger partial charge in [-0.05, 0) is 118 Å². The van der Waals surface area contributed by atoms with Crippen LogP contribution in [0.25, 0.3) is 22.5 Å². The van der Waals surface area contributed by atoms with Gasteiger partial charge in [0.15, 0.2) is 5.82 Å². The maximum absolute atomic E-state index is 14.5. The van der Waals surface area contributed by atoms with Crippen molar-refractivity contribution in [2.45, 2.75) is 76.8 Å². The molecule has 0 spiro atoms. The minimum Gasteiger partial charge on any atom is -0.354 e. The summed E-state index contributed by atoms with van der Waals surface area (Å²) in [5.41, 5.74) is 10.4. The Balaban J connectivity index is 0.00000720. The van der Waals surface area contributed by atoms with Crippen LogP contribution in [0, 0.1) is 18.8 Å². The van der Waals surface area contributed by atoms with Crippen molar-refractivity contribution in [1.82, 2.24) is 31.1 Å². The molecule has 57 heavy (non-hydrogen) atoms. The van der Waals surface area contributed by atoms with Crippen molar-refractivity contribution in [1.29, 1.82) is 0 Å². The van der Waals surface area contributed by atoms with Gasteiger partial charge in [-0.2, -0.15) is 22.7 Å². The average Bonchev–Trinajstić information content (AvgIpc) is 3.69. The standard InChI is InChI=1S/C40H46F4N8O4.ClH/c1-22(2)47-35(54)29-15-18-31(23(3)19-29)26-9-5-24(6-10-26)20-32(49-34(53)28-11-7-25(21-45)8-12-28)36(55)48-30-16-13-27(14-17-30)33-50-37(52-51-33)39(41,42)40(43,44)38(56)46-4;/h5-6,9-10,13-19,22,25,28,32H,7-8,11-12,20-21,45H2,1-4H3,(H,46,56)(H,47,54)(H,48,55)(H,49,53)(H,50,51,52);1H/t25?,28?,32-;/m0./s1. The number of nitrogens with one attached hydrogen (secondary N) is 5. The van der Waals surface area contributed by atoms with Crippen LogP contribution in [0.4, 0.5) is 23.2 Å². The summed E-state index contributed by atoms with van der Waals surface area (Å²) < 4.78 is 57.3. The second-order valence-corrected chi connectivity index (χ2v) is 14.4. The summed E-state index contributed by atoms with van der Waals surface area (Å²) in [6.45, 7) is 6.28. The van der Waals surface area contributed by atoms with Gasteiger partial charge in [-0.1, -0.05) is 30.3 Å². The number of alkyl halides is 4. The van der Waals surface area contributed by atoms with Gasteiger partial charge in [0.25, 0.3) is 11.8 Å². The number of rotatable bonds is 14. The van der Waals surface area contributed by atoms with Gasteiger partial charge in [-0.3, -0.25) is 24.3 Å². The van der Waals surface area contributed by atoms with Crippen LogP contribution in [0.3, 0.4) is 0 Å². The molecule has 1 heterocycles. The number of aryl methyl sites for hydroxylation is 1. The Morgan fingerprint density at radius 1 is 0.895 bits per heavy atom. The highest BCUT2D eigenvalue weighted by Crippen LogP contribution is 2.42. The average molecular weight is 815 g/mol. The third-order valence-corrected chi connectivity index (χ3v) is 9.90. The van der Waals surface area contributed by atoms with Crippen LogP contribution in [0.1, 0.15) is 66.8 Å². The molecule has 1 atom stereocenters. The Hall–Kier alpha value is -5.35. The summed E-state index contributed by atoms with van der Waals surface area (Å²) in [4.78, 5) is 54.7. The molecule has 1 aliphatic carbocycles. The van der Waals surface area contributed by atoms with Crippen LogP contribution in [0.15, 0.2) is 66.7 Å². The number of hydrogen-bond donors (Lipinski definition) is 6. The molecular weight excluding hydrogens is 768 g/mol. The Bertz CT molecular complexity index is 2040. The normalized spacial score (nSPS) is 16.2. The third-order valence-electron chi connectivity index (χ3n) is 9.90. The first-order valence-corrected chi connectivity index (χ1v) is 18.4. The number of nitrogens with two attached hydrogens (primary N) is 1. The van der Waals surface area contributed by atoms with Gasteiger partial charge >= 0.3 is 11.8 Å². The zero-order valence-electron chi connectivity index (χ0n) is 31.9. The highest BCUT2D eigenvalue weighted by Gasteiger charge is 2.65. The number of carbonyl (C=O) groups excluding carboxylic acids is 4. The molecule has 0 radical (unpaired) electrons. The number of halogens is 5. The first-order valence-electron chi connectivity index (χ1n) is 18.4. The molecule has 0 aliphatic heterocycles. The molecule has 0 unspecified atom stereocenters. The molecule has 1 fully saturated rings. The second-order valence-electron chi connectivity index (χ2n) is 14.4. The Kier molecular flexibility index (Phi) is 14.6. The van der Waals surface area contributed by atoms with Crippen molar-refractivity contribution in [3.63, 3.8) is 0 Å². The van der Waals surface area contributed by atoms with E-state index in [1.807, 2.05) is 57.2 Å². The topological polar surface area (TPSA) is 184 Å². The Morgan fingerprint density at radius 3 is 2.11 bits per heavy atom. The molecule has 17 heteroatoms. The van der Waals surface area contributed by atoms with Gasteiger partial charge in [-0.25, -0.2) is 4.98 Å². The fraction of sp³-hybridized carbons (Fsp3) is 0.400. The van der Waals surface area contributed by atoms with Crippen LogP contribution in [0.5, 0.6) is 0 Å². The van der Waals surface area contributed by atoms with E-state index in [0.29, 0.717) is 36.6 Å². The molecule has 4 amide bonds. The second kappa shape index (κ2) is 18.7. The number of anilines is 1. The highest BCUT2D eigenvalue weighted by molar-refractivity contribution is 5.98. The first kappa shape index (κ1) is 44.4. The number of carbonyl (C=O) groups is 4. The van der Waals surface area contributed by atoms with Crippen molar-refractivity contribution in [2.24, 2.45) is 17.6 Å². The van der Waals surface area contributed by atoms with Crippen molar-refractivity contribution in [3.8, 4) is 22.5 Å². The predicted molar refractivity (Wildman–Crippen MR) is 210 cm³/mol. The van der Waals surface area contributed by atoms with Gasteiger partial charge in [-0.15, -0.1) is 12.4 Å². The van der Waals surface area contributed by atoms with Gasteiger partial charge in [0.05, 0.1) is 0 Å². The SMILES string of the molecule is CNC(=O)C(F)(F)C(F)(F)c1nc(-c2ccc(NC(=O)[C@H](Cc3ccc(-c4ccc(C(=O)NC(C)C)cc4C)cc3)NC(=O)C3CCC(CN)CC3)cc2)n[nH]1.Cl. The number of hydrogen-bond acceptors (Lipinski definition) is 7. The van der Waals surface area contributed by atoms with Crippen LogP contribution in [-0.4, -0.2) is 70.4 Å². The summed E-state index contributed by atoms with van der Waals surface area (Å²) in [7, 11) is 0.806. The summed E-state index contributed by atoms with van der Waals surface area (Å²) in [5.74, 6) is -14.9. The number of H-pyrrole nitrogens is 1. The highest BCUT2D eigenvalue weighted by atomic mass is 35.5. The van der Waals surface area contributed by atoms with Crippen LogP contribution in [-0.2, 0) is 26.7 Å². The van der Waals surface area contributed by atoms with E-state index in [9.17, 15) is 36.7 Å². The maximum atomic E-state index is 14.5. The summed E-state index contributed by atoms with van der Waals surface area (Å²) in [5, 5.41) is 15.5. The molecule has 306 valence electrons. The molecule has 0 bridgehead atoms. The summed E-state index contributed by atoms with van der Waals surface area (Å²) >= 11 is 0. The fourth-order valence-corrected chi connectivity index (χ4v) is 6.60. The molecular formula is C40H47ClF4N8O4. The minimum atomic E-state index is -5.09. The smallest absolute Gasteiger partial charge is 0.354 e. The lowest BCUT2D eigenvalue weighted by Crippen LogP contribution is -2.50. The zero-order chi connectivity index (χ0) is 40.8. The monoisotopic (exact) mass is 814 g/mol. The van der Waals surface area contributed by atoms with E-state index in [-0.39, 0.29) is 54.0 Å². The lowest BCUT2D eigenvalue weighted by Gasteiger charge is -2.28. The summed E-state index contributed by atoms with van der Waals surface area (Å²) in [6.07, 6.45) is 3.13. The van der Waals surface area contributed by atoms with E-state index < -0.39 is 35.5 Å². The van der Waals surface area contributed by atoms with E-state index in [0.717, 1.165) is 42.1 Å². The van der Waals surface area contributed by atoms with E-state index in [1.165, 1.54) is 29.6 Å². The maximum Gasteiger partial charge on any atom is 0.393 e. The summed E-state index contributed by atoms with van der Waals surface area (Å²) in [6, 6.07) is 17.8. The molecule has 12 nitrogen and oxygen atoms in total. The number of nitrogens with zero attached hydrogens (tertiary/aromatic N) is 2. The largest absolute Gasteiger partial charge is 0.393 e. The zero-order valence-corrected chi connectivity index (χ0v) is 32.7. The number of aromatic nitrogens is 3. The Morgan fingerprint density at radius 2 is 1.53 bits per heavy atom. The lowest BCUT2D eigenvalue weighted by molar-refractivity contribution is -0.218. The molecule has 1 saturated carbocycles. The van der Waals surface area contributed by atoms with Gasteiger partial charge in [0.1, 0.15) is 6.04 Å². The Labute approximate surface area is 334 Å². The van der Waals surface area contributed by atoms with E-state index in [4.69, 9.17) is 5.73 Å². The van der Waals surface area contributed by atoms with E-state index in [1.54, 1.807) is 11.2 Å². The molecule has 4 aromatic rings. The van der Waals surface area contributed by atoms with Crippen molar-refractivity contribution < 1.29 is 36.7 Å². The molecule has 0 saturated heterocycles. The van der Waals surface area contributed by atoms with Crippen molar-refractivity contribution in [3.05, 3.63) is 89.2 Å². The molecule has 7 N–H and O–H groups in total. The molecule has 5 rings (SSSR count). The van der Waals surface area contributed by atoms with Gasteiger partial charge < -0.3 is 27.0 Å². The van der Waals surface area contributed by atoms with Crippen LogP contribution >= 0.6 is 12.4 Å². The fourth-order valence-electron chi connectivity index (χ4n) is 6.60. The minimum absolute atomic E-state index is 0. The lowest BCUT2D eigenvalue weighted by atomic mass is 9.81. The van der Waals surface area contributed by atoms with Gasteiger partial charge in [0.2, 0.25) is 17.6 Å². The van der Waals surface area contributed by atoms with Crippen molar-refractivity contribution >= 4 is 41.7 Å². The predicted octanol–water partition coefficient (Wildman–Crippen LogP) is 5.91. The molecule has 1 aromatic heterocycles. The number of aromatic amines is 1. The van der Waals surface area contributed by atoms with E-state index in [2.05, 4.69) is 26.0 Å². The van der Waals surface area contributed by atoms with E-state index >= 15 is 0 Å². The quantitative estimate of drug-likeness (QED) is 0.0855. The first-order chi connectivity index (χ1) is 26.5. The number of amides is 4. The van der Waals surface area contributed by atoms with Gasteiger partial charge in [0, 0.05) is 42.2 Å². The van der Waals surface area contributed by atoms with Crippen molar-refractivity contribution in [2.75, 3.05) is 18.9 Å². The number of benzene rings is 3. The van der Waals surface area contributed by atoms with Crippen LogP contribution in [0.2, 0.25) is 0 Å². The third kappa shape index (κ3) is 10.3. The molecule has 3 aromatic carbocycles. The van der Waals surface area contributed by atoms with Crippen LogP contribution < -0.4 is 27.0 Å².